The fourth-order valence-electron chi connectivity index (χ4n) is 1.41. The van der Waals surface area contributed by atoms with E-state index in [2.05, 4.69) is 16.5 Å². The molecule has 0 spiro atoms. The van der Waals surface area contributed by atoms with E-state index in [1.807, 2.05) is 30.3 Å². The molecular weight excluding hydrogens is 204 g/mol. The highest BCUT2D eigenvalue weighted by atomic mass is 16.2. The van der Waals surface area contributed by atoms with Gasteiger partial charge in [-0.1, -0.05) is 36.9 Å². The molecule has 4 nitrogen and oxygen atoms in total. The van der Waals surface area contributed by atoms with Crippen molar-refractivity contribution in [3.8, 4) is 0 Å². The number of hydrogen-bond acceptors (Lipinski definition) is 2. The van der Waals surface area contributed by atoms with Crippen molar-refractivity contribution in [2.45, 2.75) is 0 Å². The van der Waals surface area contributed by atoms with Gasteiger partial charge < -0.3 is 4.98 Å². The molecule has 0 aliphatic heterocycles. The number of benzene rings is 1. The van der Waals surface area contributed by atoms with E-state index in [4.69, 9.17) is 0 Å². The molecule has 0 aliphatic rings. The van der Waals surface area contributed by atoms with Crippen LogP contribution in [0.25, 0.3) is 12.7 Å². The fraction of sp³-hybridized carbons (Fsp3) is 0. The van der Waals surface area contributed by atoms with Crippen molar-refractivity contribution in [2.24, 2.45) is 0 Å². The molecule has 0 saturated heterocycles. The van der Waals surface area contributed by atoms with Crippen LogP contribution < -0.4 is 21.8 Å². The lowest BCUT2D eigenvalue weighted by atomic mass is 10.2. The Labute approximate surface area is 90.6 Å². The van der Waals surface area contributed by atoms with Crippen LogP contribution >= 0.6 is 0 Å². The Hall–Kier alpha value is -2.36. The minimum atomic E-state index is -0.541. The van der Waals surface area contributed by atoms with Gasteiger partial charge in [0.2, 0.25) is 0 Å². The van der Waals surface area contributed by atoms with E-state index in [1.165, 1.54) is 0 Å². The van der Waals surface area contributed by atoms with E-state index < -0.39 is 11.2 Å². The molecule has 2 aromatic rings. The normalized spacial score (nSPS) is 11.6. The molecule has 0 saturated carbocycles. The summed E-state index contributed by atoms with van der Waals surface area (Å²) in [5.41, 5.74) is -0.0947. The number of aromatic nitrogens is 2. The van der Waals surface area contributed by atoms with Gasteiger partial charge in [-0.25, -0.2) is 4.79 Å². The third-order valence-corrected chi connectivity index (χ3v) is 2.17. The lowest BCUT2D eigenvalue weighted by Crippen LogP contribution is -2.47. The Morgan fingerprint density at radius 2 is 1.75 bits per heavy atom. The van der Waals surface area contributed by atoms with E-state index in [9.17, 15) is 9.59 Å². The Morgan fingerprint density at radius 1 is 1.06 bits per heavy atom. The summed E-state index contributed by atoms with van der Waals surface area (Å²) in [5.74, 6) is 0. The van der Waals surface area contributed by atoms with E-state index in [-0.39, 0.29) is 0 Å². The third-order valence-electron chi connectivity index (χ3n) is 2.17. The number of nitrogens with one attached hydrogen (secondary N) is 2. The Morgan fingerprint density at radius 3 is 2.38 bits per heavy atom. The second kappa shape index (κ2) is 4.02. The van der Waals surface area contributed by atoms with Crippen LogP contribution in [0.2, 0.25) is 0 Å². The van der Waals surface area contributed by atoms with Crippen molar-refractivity contribution in [1.29, 1.82) is 0 Å². The van der Waals surface area contributed by atoms with Crippen molar-refractivity contribution in [2.75, 3.05) is 0 Å². The molecule has 0 fully saturated rings. The summed E-state index contributed by atoms with van der Waals surface area (Å²) in [5, 5.41) is 0.684. The number of aromatic amines is 2. The quantitative estimate of drug-likeness (QED) is 0.659. The molecule has 1 heterocycles. The van der Waals surface area contributed by atoms with Crippen LogP contribution in [0.5, 0.6) is 0 Å². The summed E-state index contributed by atoms with van der Waals surface area (Å²) in [6.45, 7) is 3.63. The monoisotopic (exact) mass is 214 g/mol. The van der Waals surface area contributed by atoms with Crippen LogP contribution in [-0.2, 0) is 0 Å². The van der Waals surface area contributed by atoms with Gasteiger partial charge in [-0.15, -0.1) is 0 Å². The summed E-state index contributed by atoms with van der Waals surface area (Å²) in [7, 11) is 0. The molecular formula is C12H10N2O2. The molecule has 2 N–H and O–H groups in total. The molecule has 1 aromatic carbocycles. The van der Waals surface area contributed by atoms with Crippen molar-refractivity contribution in [3.63, 3.8) is 0 Å². The van der Waals surface area contributed by atoms with Crippen molar-refractivity contribution < 1.29 is 0 Å². The average molecular weight is 214 g/mol. The van der Waals surface area contributed by atoms with Crippen LogP contribution in [0.3, 0.4) is 0 Å². The van der Waals surface area contributed by atoms with Crippen LogP contribution in [0.4, 0.5) is 0 Å². The van der Waals surface area contributed by atoms with Gasteiger partial charge in [-0.3, -0.25) is 9.78 Å². The van der Waals surface area contributed by atoms with Crippen LogP contribution in [0.15, 0.2) is 39.9 Å². The van der Waals surface area contributed by atoms with Crippen LogP contribution in [-0.4, -0.2) is 9.97 Å². The van der Waals surface area contributed by atoms with Crippen molar-refractivity contribution in [1.82, 2.24) is 9.97 Å². The zero-order valence-electron chi connectivity index (χ0n) is 8.49. The maximum Gasteiger partial charge on any atom is 0.326 e. The Balaban J connectivity index is 2.76. The topological polar surface area (TPSA) is 65.7 Å². The van der Waals surface area contributed by atoms with Gasteiger partial charge in [0.25, 0.3) is 5.56 Å². The van der Waals surface area contributed by atoms with Gasteiger partial charge in [-0.2, -0.15) is 0 Å². The second-order valence-corrected chi connectivity index (χ2v) is 3.36. The Kier molecular flexibility index (Phi) is 2.55. The van der Waals surface area contributed by atoms with E-state index in [0.29, 0.717) is 10.6 Å². The van der Waals surface area contributed by atoms with Crippen LogP contribution in [0.1, 0.15) is 5.56 Å². The minimum Gasteiger partial charge on any atom is -0.307 e. The SMILES string of the molecule is C=c1[nH]c(=O)[nH]c(=O)/c1=C\c1ccccc1. The summed E-state index contributed by atoms with van der Waals surface area (Å²) < 4.78 is 0. The second-order valence-electron chi connectivity index (χ2n) is 3.36. The van der Waals surface area contributed by atoms with Crippen molar-refractivity contribution >= 4 is 12.7 Å². The molecule has 1 aromatic heterocycles. The molecule has 80 valence electrons. The lowest BCUT2D eigenvalue weighted by Gasteiger charge is -1.91. The zero-order chi connectivity index (χ0) is 11.5. The maximum atomic E-state index is 11.5. The van der Waals surface area contributed by atoms with Gasteiger partial charge in [0.15, 0.2) is 0 Å². The van der Waals surface area contributed by atoms with E-state index in [1.54, 1.807) is 6.08 Å². The zero-order valence-corrected chi connectivity index (χ0v) is 8.49. The highest BCUT2D eigenvalue weighted by molar-refractivity contribution is 5.48. The van der Waals surface area contributed by atoms with E-state index in [0.717, 1.165) is 5.56 Å². The first-order chi connectivity index (χ1) is 7.66. The predicted molar refractivity (Wildman–Crippen MR) is 62.5 cm³/mol. The molecule has 0 atom stereocenters. The standard InChI is InChI=1S/C12H10N2O2/c1-8-10(11(15)14-12(16)13-8)7-9-5-3-2-4-6-9/h2-7H,1H2,(H2,13,14,15,16)/b10-7-. The summed E-state index contributed by atoms with van der Waals surface area (Å²) in [6, 6.07) is 9.36. The summed E-state index contributed by atoms with van der Waals surface area (Å²) >= 11 is 0. The largest absolute Gasteiger partial charge is 0.326 e. The molecule has 0 bridgehead atoms. The third kappa shape index (κ3) is 2.00. The van der Waals surface area contributed by atoms with Gasteiger partial charge in [0.05, 0.1) is 5.22 Å². The first-order valence-corrected chi connectivity index (χ1v) is 4.75. The number of H-pyrrole nitrogens is 2. The number of rotatable bonds is 1. The number of hydrogen-bond donors (Lipinski definition) is 2. The average Bonchev–Trinajstić information content (AvgIpc) is 2.25. The predicted octanol–water partition coefficient (Wildman–Crippen LogP) is -0.698. The molecule has 0 radical (unpaired) electrons. The van der Waals surface area contributed by atoms with Gasteiger partial charge in [0.1, 0.15) is 0 Å². The van der Waals surface area contributed by atoms with Gasteiger partial charge in [0, 0.05) is 5.35 Å². The molecule has 16 heavy (non-hydrogen) atoms. The first-order valence-electron chi connectivity index (χ1n) is 4.75. The summed E-state index contributed by atoms with van der Waals surface area (Å²) in [6.07, 6.45) is 1.68. The maximum absolute atomic E-state index is 11.5. The highest BCUT2D eigenvalue weighted by Crippen LogP contribution is 1.96. The fourth-order valence-corrected chi connectivity index (χ4v) is 1.41. The summed E-state index contributed by atoms with van der Waals surface area (Å²) in [4.78, 5) is 27.1. The van der Waals surface area contributed by atoms with Gasteiger partial charge in [-0.05, 0) is 11.6 Å². The van der Waals surface area contributed by atoms with Gasteiger partial charge >= 0.3 is 5.69 Å². The molecule has 4 heteroatoms. The van der Waals surface area contributed by atoms with Crippen LogP contribution in [0, 0.1) is 0 Å². The van der Waals surface area contributed by atoms with E-state index >= 15 is 0 Å². The lowest BCUT2D eigenvalue weighted by molar-refractivity contribution is 0.987. The highest BCUT2D eigenvalue weighted by Gasteiger charge is 1.93. The molecule has 2 rings (SSSR count). The smallest absolute Gasteiger partial charge is 0.307 e. The Bertz CT molecular complexity index is 674. The van der Waals surface area contributed by atoms with Crippen molar-refractivity contribution in [3.05, 3.63) is 67.3 Å². The molecule has 0 unspecified atom stereocenters. The minimum absolute atomic E-state index is 0.317. The molecule has 0 aliphatic carbocycles. The molecule has 0 amide bonds. The first kappa shape index (κ1) is 10.2.